The predicted molar refractivity (Wildman–Crippen MR) is 113 cm³/mol. The Kier molecular flexibility index (Phi) is 6.22. The second-order valence-electron chi connectivity index (χ2n) is 5.55. The van der Waals surface area contributed by atoms with Crippen LogP contribution in [0.2, 0.25) is 0 Å². The van der Waals surface area contributed by atoms with Gasteiger partial charge in [-0.15, -0.1) is 24.0 Å². The Morgan fingerprint density at radius 2 is 1.92 bits per heavy atom. The van der Waals surface area contributed by atoms with Crippen molar-refractivity contribution in [3.8, 4) is 0 Å². The summed E-state index contributed by atoms with van der Waals surface area (Å²) in [4.78, 5) is 8.88. The molecule has 7 heteroatoms. The zero-order valence-corrected chi connectivity index (χ0v) is 17.4. The molecule has 0 spiro atoms. The van der Waals surface area contributed by atoms with Crippen molar-refractivity contribution < 1.29 is 0 Å². The third-order valence-corrected chi connectivity index (χ3v) is 3.84. The first kappa shape index (κ1) is 18.7. The number of hydrogen-bond acceptors (Lipinski definition) is 2. The highest BCUT2D eigenvalue weighted by Crippen LogP contribution is 2.14. The van der Waals surface area contributed by atoms with Crippen molar-refractivity contribution in [1.82, 2.24) is 9.38 Å². The SMILES string of the molecule is Cc1cc(C)cc(NC(N)=NCc2cn3cc(Br)ccc3n2)c1.I. The fourth-order valence-electron chi connectivity index (χ4n) is 2.49. The maximum Gasteiger partial charge on any atom is 0.193 e. The summed E-state index contributed by atoms with van der Waals surface area (Å²) in [6, 6.07) is 10.1. The molecular weight excluding hydrogens is 481 g/mol. The van der Waals surface area contributed by atoms with Crippen molar-refractivity contribution in [2.75, 3.05) is 5.32 Å². The first-order valence-corrected chi connectivity index (χ1v) is 8.07. The van der Waals surface area contributed by atoms with Crippen molar-refractivity contribution in [3.05, 3.63) is 64.0 Å². The molecule has 0 fully saturated rings. The lowest BCUT2D eigenvalue weighted by Crippen LogP contribution is -2.22. The normalized spacial score (nSPS) is 11.4. The molecule has 3 rings (SSSR count). The van der Waals surface area contributed by atoms with Crippen LogP contribution in [-0.4, -0.2) is 15.3 Å². The summed E-state index contributed by atoms with van der Waals surface area (Å²) in [5, 5.41) is 3.12. The van der Waals surface area contributed by atoms with E-state index in [1.54, 1.807) is 0 Å². The number of guanidine groups is 1. The third kappa shape index (κ3) is 4.70. The van der Waals surface area contributed by atoms with Crippen LogP contribution in [0.4, 0.5) is 5.69 Å². The van der Waals surface area contributed by atoms with Gasteiger partial charge in [-0.2, -0.15) is 0 Å². The van der Waals surface area contributed by atoms with Crippen LogP contribution in [0.25, 0.3) is 5.65 Å². The number of imidazole rings is 1. The summed E-state index contributed by atoms with van der Waals surface area (Å²) in [5.74, 6) is 0.383. The number of nitrogens with two attached hydrogens (primary N) is 1. The summed E-state index contributed by atoms with van der Waals surface area (Å²) in [5.41, 5.74) is 11.0. The van der Waals surface area contributed by atoms with E-state index in [1.165, 1.54) is 11.1 Å². The molecule has 5 nitrogen and oxygen atoms in total. The van der Waals surface area contributed by atoms with Crippen LogP contribution in [0.5, 0.6) is 0 Å². The summed E-state index contributed by atoms with van der Waals surface area (Å²) < 4.78 is 2.97. The van der Waals surface area contributed by atoms with Crippen LogP contribution in [0.1, 0.15) is 16.8 Å². The van der Waals surface area contributed by atoms with Gasteiger partial charge < -0.3 is 15.5 Å². The molecule has 0 saturated carbocycles. The lowest BCUT2D eigenvalue weighted by atomic mass is 10.1. The molecule has 2 aromatic heterocycles. The number of pyridine rings is 1. The number of fused-ring (bicyclic) bond motifs is 1. The third-order valence-electron chi connectivity index (χ3n) is 3.37. The Morgan fingerprint density at radius 3 is 2.62 bits per heavy atom. The highest BCUT2D eigenvalue weighted by Gasteiger charge is 2.02. The molecule has 0 amide bonds. The van der Waals surface area contributed by atoms with Crippen LogP contribution in [0, 0.1) is 13.8 Å². The summed E-state index contributed by atoms with van der Waals surface area (Å²) >= 11 is 3.45. The monoisotopic (exact) mass is 499 g/mol. The molecule has 2 heterocycles. The summed E-state index contributed by atoms with van der Waals surface area (Å²) in [6.45, 7) is 4.55. The number of hydrogen-bond donors (Lipinski definition) is 2. The fourth-order valence-corrected chi connectivity index (χ4v) is 2.85. The predicted octanol–water partition coefficient (Wildman–Crippen LogP) is 4.26. The number of halogens is 2. The Labute approximate surface area is 166 Å². The summed E-state index contributed by atoms with van der Waals surface area (Å²) in [7, 11) is 0. The molecule has 0 unspecified atom stereocenters. The molecule has 0 aliphatic rings. The molecule has 0 bridgehead atoms. The Morgan fingerprint density at radius 1 is 1.21 bits per heavy atom. The van der Waals surface area contributed by atoms with E-state index in [4.69, 9.17) is 5.73 Å². The Balaban J connectivity index is 0.00000208. The van der Waals surface area contributed by atoms with E-state index in [2.05, 4.69) is 51.1 Å². The molecule has 0 aliphatic heterocycles. The zero-order valence-electron chi connectivity index (χ0n) is 13.5. The van der Waals surface area contributed by atoms with Gasteiger partial charge >= 0.3 is 0 Å². The topological polar surface area (TPSA) is 67.7 Å². The van der Waals surface area contributed by atoms with Crippen LogP contribution in [-0.2, 0) is 6.54 Å². The molecule has 1 aromatic carbocycles. The summed E-state index contributed by atoms with van der Waals surface area (Å²) in [6.07, 6.45) is 3.92. The first-order chi connectivity index (χ1) is 11.0. The van der Waals surface area contributed by atoms with E-state index >= 15 is 0 Å². The molecule has 24 heavy (non-hydrogen) atoms. The van der Waals surface area contributed by atoms with Gasteiger partial charge in [-0.25, -0.2) is 9.98 Å². The number of benzene rings is 1. The minimum absolute atomic E-state index is 0. The molecule has 3 aromatic rings. The maximum absolute atomic E-state index is 5.97. The lowest BCUT2D eigenvalue weighted by molar-refractivity contribution is 1.01. The Hall–Kier alpha value is -1.61. The molecule has 0 radical (unpaired) electrons. The van der Waals surface area contributed by atoms with Gasteiger partial charge in [-0.1, -0.05) is 6.07 Å². The molecule has 0 saturated heterocycles. The van der Waals surface area contributed by atoms with Gasteiger partial charge in [0.05, 0.1) is 12.2 Å². The average Bonchev–Trinajstić information content (AvgIpc) is 2.86. The molecule has 0 atom stereocenters. The van der Waals surface area contributed by atoms with Crippen molar-refractivity contribution in [2.45, 2.75) is 20.4 Å². The van der Waals surface area contributed by atoms with E-state index in [0.29, 0.717) is 12.5 Å². The van der Waals surface area contributed by atoms with Crippen LogP contribution >= 0.6 is 39.9 Å². The Bertz CT molecular complexity index is 868. The second-order valence-corrected chi connectivity index (χ2v) is 6.46. The lowest BCUT2D eigenvalue weighted by Gasteiger charge is -2.07. The minimum Gasteiger partial charge on any atom is -0.370 e. The van der Waals surface area contributed by atoms with Crippen molar-refractivity contribution in [2.24, 2.45) is 10.7 Å². The number of anilines is 1. The number of nitrogens with one attached hydrogen (secondary N) is 1. The number of nitrogens with zero attached hydrogens (tertiary/aromatic N) is 3. The van der Waals surface area contributed by atoms with Crippen LogP contribution in [0.15, 0.2) is 52.2 Å². The molecule has 3 N–H and O–H groups in total. The smallest absolute Gasteiger partial charge is 0.193 e. The first-order valence-electron chi connectivity index (χ1n) is 7.28. The van der Waals surface area contributed by atoms with Gasteiger partial charge in [-0.05, 0) is 65.2 Å². The van der Waals surface area contributed by atoms with Gasteiger partial charge in [-0.3, -0.25) is 0 Å². The van der Waals surface area contributed by atoms with E-state index in [1.807, 2.05) is 41.1 Å². The number of aryl methyl sites for hydroxylation is 2. The fraction of sp³-hybridized carbons (Fsp3) is 0.176. The van der Waals surface area contributed by atoms with Crippen molar-refractivity contribution in [3.63, 3.8) is 0 Å². The molecular formula is C17H19BrIN5. The standard InChI is InChI=1S/C17H18BrN5.HI/c1-11-5-12(2)7-14(6-11)22-17(19)20-8-15-10-23-9-13(18)3-4-16(23)21-15;/h3-7,9-10H,8H2,1-2H3,(H3,19,20,22);1H. The van der Waals surface area contributed by atoms with Crippen LogP contribution < -0.4 is 11.1 Å². The number of rotatable bonds is 3. The van der Waals surface area contributed by atoms with E-state index in [-0.39, 0.29) is 24.0 Å². The average molecular weight is 500 g/mol. The van der Waals surface area contributed by atoms with Gasteiger partial charge in [0.15, 0.2) is 5.96 Å². The van der Waals surface area contributed by atoms with E-state index in [0.717, 1.165) is 21.5 Å². The highest BCUT2D eigenvalue weighted by molar-refractivity contribution is 14.0. The van der Waals surface area contributed by atoms with E-state index in [9.17, 15) is 0 Å². The molecule has 126 valence electrons. The number of aromatic nitrogens is 2. The van der Waals surface area contributed by atoms with Crippen molar-refractivity contribution >= 4 is 57.2 Å². The largest absolute Gasteiger partial charge is 0.370 e. The van der Waals surface area contributed by atoms with Gasteiger partial charge in [0.25, 0.3) is 0 Å². The quantitative estimate of drug-likeness (QED) is 0.321. The van der Waals surface area contributed by atoms with Crippen LogP contribution in [0.3, 0.4) is 0 Å². The van der Waals surface area contributed by atoms with E-state index < -0.39 is 0 Å². The second kappa shape index (κ2) is 7.98. The maximum atomic E-state index is 5.97. The van der Waals surface area contributed by atoms with Gasteiger partial charge in [0, 0.05) is 22.6 Å². The van der Waals surface area contributed by atoms with Crippen molar-refractivity contribution in [1.29, 1.82) is 0 Å². The highest BCUT2D eigenvalue weighted by atomic mass is 127. The molecule has 0 aliphatic carbocycles. The van der Waals surface area contributed by atoms with Gasteiger partial charge in [0.1, 0.15) is 5.65 Å². The van der Waals surface area contributed by atoms with Gasteiger partial charge in [0.2, 0.25) is 0 Å². The number of aliphatic imine (C=N–C) groups is 1. The zero-order chi connectivity index (χ0) is 16.4. The minimum atomic E-state index is 0.